The maximum Gasteiger partial charge on any atom is 0.338 e. The molecule has 0 saturated heterocycles. The number of halogens is 3. The van der Waals surface area contributed by atoms with E-state index < -0.39 is 11.8 Å². The second-order valence-electron chi connectivity index (χ2n) is 4.76. The third-order valence-corrected chi connectivity index (χ3v) is 4.39. The lowest BCUT2D eigenvalue weighted by Crippen LogP contribution is -2.11. The first-order valence-corrected chi connectivity index (χ1v) is 10.8. The molecule has 0 radical (unpaired) electrons. The van der Waals surface area contributed by atoms with Crippen LogP contribution in [0.2, 0.25) is 0 Å². The Morgan fingerprint density at radius 3 is 2.88 bits per heavy atom. The molecule has 25 heavy (non-hydrogen) atoms. The number of carbonyl (C=O) groups is 1. The van der Waals surface area contributed by atoms with Crippen molar-refractivity contribution in [1.82, 2.24) is 0 Å². The van der Waals surface area contributed by atoms with Crippen molar-refractivity contribution in [2.45, 2.75) is 13.3 Å². The molecule has 0 aromatic rings. The maximum atomic E-state index is 13.7. The summed E-state index contributed by atoms with van der Waals surface area (Å²) in [7, 11) is 2.57. The maximum absolute atomic E-state index is 13.7. The minimum Gasteiger partial charge on any atom is -0.465 e. The van der Waals surface area contributed by atoms with Crippen molar-refractivity contribution in [2.75, 3.05) is 7.11 Å². The van der Waals surface area contributed by atoms with Crippen LogP contribution in [0.3, 0.4) is 0 Å². The van der Waals surface area contributed by atoms with E-state index in [0.717, 1.165) is 0 Å². The zero-order valence-electron chi connectivity index (χ0n) is 13.6. The van der Waals surface area contributed by atoms with Crippen LogP contribution in [0.15, 0.2) is 69.7 Å². The molecule has 7 heteroatoms. The third-order valence-electron chi connectivity index (χ3n) is 3.16. The van der Waals surface area contributed by atoms with Crippen molar-refractivity contribution < 1.29 is 13.9 Å². The van der Waals surface area contributed by atoms with Crippen LogP contribution in [-0.2, 0) is 9.53 Å². The number of rotatable bonds is 4. The van der Waals surface area contributed by atoms with E-state index >= 15 is 0 Å². The van der Waals surface area contributed by atoms with Gasteiger partial charge < -0.3 is 10.5 Å². The van der Waals surface area contributed by atoms with Gasteiger partial charge in [-0.1, -0.05) is 29.7 Å². The van der Waals surface area contributed by atoms with Crippen molar-refractivity contribution >= 4 is 47.7 Å². The van der Waals surface area contributed by atoms with E-state index in [1.165, 1.54) is 40.5 Å². The first-order chi connectivity index (χ1) is 11.9. The molecule has 0 unspecified atom stereocenters. The topological polar surface area (TPSA) is 52.3 Å². The summed E-state index contributed by atoms with van der Waals surface area (Å²) in [5.41, 5.74) is 7.33. The molecule has 0 heterocycles. The summed E-state index contributed by atoms with van der Waals surface area (Å²) in [5.74, 6) is 1.80. The largest absolute Gasteiger partial charge is 0.465 e. The van der Waals surface area contributed by atoms with E-state index in [1.807, 2.05) is 21.2 Å². The second kappa shape index (κ2) is 11.2. The number of methoxy groups -OCH3 is 1. The molecule has 0 aromatic carbocycles. The van der Waals surface area contributed by atoms with Gasteiger partial charge in [0.2, 0.25) is 0 Å². The van der Waals surface area contributed by atoms with Gasteiger partial charge in [-0.25, -0.2) is 9.18 Å². The van der Waals surface area contributed by atoms with Gasteiger partial charge in [-0.15, -0.1) is 0 Å². The van der Waals surface area contributed by atoms with Gasteiger partial charge in [-0.05, 0) is 51.3 Å². The van der Waals surface area contributed by atoms with Gasteiger partial charge in [0, 0.05) is 38.6 Å². The number of carbonyl (C=O) groups excluding carboxylic acids is 1. The lowest BCUT2D eigenvalue weighted by molar-refractivity contribution is -0.135. The van der Waals surface area contributed by atoms with Gasteiger partial charge in [-0.3, -0.25) is 0 Å². The third kappa shape index (κ3) is 6.77. The number of hydrogen-bond donors (Lipinski definition) is 1. The molecule has 132 valence electrons. The highest BCUT2D eigenvalue weighted by molar-refractivity contribution is 14.2. The molecule has 2 N–H and O–H groups in total. The molecule has 0 amide bonds. The number of hydrogen-bond acceptors (Lipinski definition) is 4. The Bertz CT molecular complexity index is 783. The Morgan fingerprint density at radius 2 is 2.28 bits per heavy atom. The van der Waals surface area contributed by atoms with Crippen LogP contribution in [0.25, 0.3) is 0 Å². The molecule has 0 saturated carbocycles. The summed E-state index contributed by atoms with van der Waals surface area (Å²) in [5, 5.41) is 3.09. The number of ether oxygens (including phenoxy) is 1. The fraction of sp³-hybridized carbons (Fsp3) is 0.167. The fourth-order valence-corrected chi connectivity index (χ4v) is 2.61. The monoisotopic (exact) mass is 491 g/mol. The van der Waals surface area contributed by atoms with Crippen molar-refractivity contribution in [2.24, 2.45) is 5.73 Å². The molecule has 0 aromatic heterocycles. The van der Waals surface area contributed by atoms with Crippen LogP contribution >= 0.6 is 41.7 Å². The molecule has 0 fully saturated rings. The summed E-state index contributed by atoms with van der Waals surface area (Å²) >= 11 is 8.30. The molecule has 1 aliphatic carbocycles. The van der Waals surface area contributed by atoms with Gasteiger partial charge in [0.1, 0.15) is 5.83 Å². The SMILES string of the molecule is COC(=O)C(=C/C(Cl)=C(\C)C#CSI)/C(=C/N)C1=CC(F)=CC=CC1. The van der Waals surface area contributed by atoms with E-state index in [2.05, 4.69) is 11.2 Å². The highest BCUT2D eigenvalue weighted by Gasteiger charge is 2.19. The Hall–Kier alpha value is -1.43. The molecular formula is C18H16ClFINO2S. The van der Waals surface area contributed by atoms with Crippen molar-refractivity contribution in [1.29, 1.82) is 0 Å². The fourth-order valence-electron chi connectivity index (χ4n) is 1.93. The van der Waals surface area contributed by atoms with E-state index in [4.69, 9.17) is 22.1 Å². The highest BCUT2D eigenvalue weighted by Crippen LogP contribution is 2.28. The molecule has 0 aliphatic heterocycles. The summed E-state index contributed by atoms with van der Waals surface area (Å²) in [4.78, 5) is 12.2. The minimum atomic E-state index is -0.627. The average Bonchev–Trinajstić information content (AvgIpc) is 2.82. The van der Waals surface area contributed by atoms with Crippen LogP contribution in [0, 0.1) is 11.2 Å². The smallest absolute Gasteiger partial charge is 0.338 e. The Kier molecular flexibility index (Phi) is 9.71. The summed E-state index contributed by atoms with van der Waals surface area (Å²) in [6, 6.07) is 0. The van der Waals surface area contributed by atoms with Crippen LogP contribution < -0.4 is 5.73 Å². The minimum absolute atomic E-state index is 0.132. The highest BCUT2D eigenvalue weighted by atomic mass is 127. The average molecular weight is 492 g/mol. The summed E-state index contributed by atoms with van der Waals surface area (Å²) in [6.07, 6.45) is 9.11. The standard InChI is InChI=1S/C18H16ClFINO2S/c1-12(7-8-25-21)17(19)10-15(18(23)24-2)16(11-22)13-5-3-4-6-14(20)9-13/h3-4,6,9-11H,5,22H2,1-2H3/b15-10+,16-11+,17-12-. The molecule has 0 bridgehead atoms. The van der Waals surface area contributed by atoms with Crippen LogP contribution in [0.4, 0.5) is 4.39 Å². The number of esters is 1. The predicted octanol–water partition coefficient (Wildman–Crippen LogP) is 5.23. The molecular weight excluding hydrogens is 476 g/mol. The van der Waals surface area contributed by atoms with Gasteiger partial charge in [-0.2, -0.15) is 0 Å². The van der Waals surface area contributed by atoms with Crippen molar-refractivity contribution in [3.8, 4) is 11.2 Å². The van der Waals surface area contributed by atoms with Gasteiger partial charge in [0.15, 0.2) is 0 Å². The Morgan fingerprint density at radius 1 is 1.56 bits per heavy atom. The first-order valence-electron chi connectivity index (χ1n) is 7.05. The zero-order valence-corrected chi connectivity index (χ0v) is 17.3. The van der Waals surface area contributed by atoms with Crippen molar-refractivity contribution in [3.05, 3.63) is 69.7 Å². The normalized spacial score (nSPS) is 16.0. The van der Waals surface area contributed by atoms with Gasteiger partial charge in [0.25, 0.3) is 0 Å². The summed E-state index contributed by atoms with van der Waals surface area (Å²) in [6.45, 7) is 1.73. The predicted molar refractivity (Wildman–Crippen MR) is 111 cm³/mol. The zero-order chi connectivity index (χ0) is 18.8. The van der Waals surface area contributed by atoms with Crippen molar-refractivity contribution in [3.63, 3.8) is 0 Å². The van der Waals surface area contributed by atoms with Gasteiger partial charge in [0.05, 0.1) is 17.7 Å². The van der Waals surface area contributed by atoms with Crippen LogP contribution in [0.5, 0.6) is 0 Å². The molecule has 1 rings (SSSR count). The lowest BCUT2D eigenvalue weighted by Gasteiger charge is -2.13. The lowest BCUT2D eigenvalue weighted by atomic mass is 9.95. The Balaban J connectivity index is 3.44. The van der Waals surface area contributed by atoms with E-state index in [1.54, 1.807) is 19.1 Å². The quantitative estimate of drug-likeness (QED) is 0.192. The van der Waals surface area contributed by atoms with Gasteiger partial charge >= 0.3 is 5.97 Å². The molecule has 0 atom stereocenters. The first kappa shape index (κ1) is 21.6. The summed E-state index contributed by atoms with van der Waals surface area (Å²) < 4.78 is 18.6. The Labute approximate surface area is 168 Å². The van der Waals surface area contributed by atoms with E-state index in [0.29, 0.717) is 23.1 Å². The number of allylic oxidation sites excluding steroid dienone is 9. The molecule has 0 spiro atoms. The molecule has 3 nitrogen and oxygen atoms in total. The van der Waals surface area contributed by atoms with E-state index in [9.17, 15) is 9.18 Å². The number of nitrogens with two attached hydrogens (primary N) is 1. The van der Waals surface area contributed by atoms with Crippen LogP contribution in [0.1, 0.15) is 13.3 Å². The second-order valence-corrected chi connectivity index (χ2v) is 6.85. The van der Waals surface area contributed by atoms with E-state index in [-0.39, 0.29) is 10.6 Å². The molecule has 1 aliphatic rings. The van der Waals surface area contributed by atoms with Crippen LogP contribution in [-0.4, -0.2) is 13.1 Å².